The van der Waals surface area contributed by atoms with Gasteiger partial charge in [0.2, 0.25) is 5.89 Å². The molecule has 202 valence electrons. The molecule has 3 aromatic carbocycles. The van der Waals surface area contributed by atoms with Gasteiger partial charge in [-0.25, -0.2) is 4.98 Å². The molecule has 4 aromatic rings. The molecule has 0 aliphatic rings. The molecule has 1 amide bonds. The maximum atomic E-state index is 13.2. The lowest BCUT2D eigenvalue weighted by atomic mass is 10.1. The van der Waals surface area contributed by atoms with E-state index in [9.17, 15) is 14.7 Å². The van der Waals surface area contributed by atoms with Gasteiger partial charge in [-0.3, -0.25) is 9.59 Å². The van der Waals surface area contributed by atoms with Crippen molar-refractivity contribution in [1.29, 1.82) is 0 Å². The number of unbranched alkanes of at least 4 members (excludes halogenated alkanes) is 1. The second kappa shape index (κ2) is 13.4. The Balaban J connectivity index is 1.38. The third-order valence-corrected chi connectivity index (χ3v) is 6.43. The van der Waals surface area contributed by atoms with Crippen LogP contribution in [-0.4, -0.2) is 40.0 Å². The van der Waals surface area contributed by atoms with E-state index in [4.69, 9.17) is 9.15 Å². The fourth-order valence-corrected chi connectivity index (χ4v) is 4.32. The SMILES string of the molecule is CCCCc1ccc(C(=O)N(CC(=O)O)Cc2cccc(OCCc3nc(-c4ccccc4)oc3C)c2)cc1. The fourth-order valence-electron chi connectivity index (χ4n) is 4.32. The minimum atomic E-state index is -1.06. The highest BCUT2D eigenvalue weighted by Gasteiger charge is 2.19. The van der Waals surface area contributed by atoms with Gasteiger partial charge in [0.25, 0.3) is 5.91 Å². The predicted octanol–water partition coefficient (Wildman–Crippen LogP) is 6.34. The van der Waals surface area contributed by atoms with Gasteiger partial charge >= 0.3 is 5.97 Å². The molecule has 0 aliphatic heterocycles. The van der Waals surface area contributed by atoms with E-state index in [1.807, 2.05) is 73.7 Å². The average Bonchev–Trinajstić information content (AvgIpc) is 3.32. The van der Waals surface area contributed by atoms with Crippen molar-refractivity contribution >= 4 is 11.9 Å². The summed E-state index contributed by atoms with van der Waals surface area (Å²) < 4.78 is 11.8. The molecule has 4 rings (SSSR count). The summed E-state index contributed by atoms with van der Waals surface area (Å²) in [7, 11) is 0. The molecule has 1 aromatic heterocycles. The number of hydrogen-bond acceptors (Lipinski definition) is 5. The van der Waals surface area contributed by atoms with Crippen LogP contribution in [0.3, 0.4) is 0 Å². The second-order valence-electron chi connectivity index (χ2n) is 9.49. The van der Waals surface area contributed by atoms with Crippen LogP contribution in [0.2, 0.25) is 0 Å². The van der Waals surface area contributed by atoms with Crippen molar-refractivity contribution in [2.45, 2.75) is 46.1 Å². The van der Waals surface area contributed by atoms with Crippen LogP contribution in [0.15, 0.2) is 83.3 Å². The molecule has 0 unspecified atom stereocenters. The smallest absolute Gasteiger partial charge is 0.323 e. The number of nitrogens with zero attached hydrogens (tertiary/aromatic N) is 2. The van der Waals surface area contributed by atoms with Crippen molar-refractivity contribution in [1.82, 2.24) is 9.88 Å². The Morgan fingerprint density at radius 1 is 0.949 bits per heavy atom. The number of carbonyl (C=O) groups is 2. The lowest BCUT2D eigenvalue weighted by molar-refractivity contribution is -0.137. The first-order chi connectivity index (χ1) is 18.9. The highest BCUT2D eigenvalue weighted by atomic mass is 16.5. The minimum absolute atomic E-state index is 0.156. The van der Waals surface area contributed by atoms with Gasteiger partial charge in [-0.1, -0.05) is 55.8 Å². The normalized spacial score (nSPS) is 10.8. The van der Waals surface area contributed by atoms with Crippen LogP contribution in [-0.2, 0) is 24.2 Å². The van der Waals surface area contributed by atoms with Crippen LogP contribution < -0.4 is 4.74 Å². The summed E-state index contributed by atoms with van der Waals surface area (Å²) in [6.07, 6.45) is 3.72. The molecular formula is C32H34N2O5. The Morgan fingerprint density at radius 2 is 1.72 bits per heavy atom. The number of oxazole rings is 1. The van der Waals surface area contributed by atoms with Crippen LogP contribution in [0.1, 0.15) is 52.7 Å². The number of aliphatic carboxylic acids is 1. The van der Waals surface area contributed by atoms with Crippen molar-refractivity contribution in [3.05, 3.63) is 107 Å². The van der Waals surface area contributed by atoms with Crippen molar-refractivity contribution in [3.63, 3.8) is 0 Å². The summed E-state index contributed by atoms with van der Waals surface area (Å²) in [5.74, 6) is 0.603. The largest absolute Gasteiger partial charge is 0.493 e. The van der Waals surface area contributed by atoms with Crippen LogP contribution in [0.5, 0.6) is 5.75 Å². The number of carbonyl (C=O) groups excluding carboxylic acids is 1. The molecule has 1 N–H and O–H groups in total. The summed E-state index contributed by atoms with van der Waals surface area (Å²) >= 11 is 0. The Bertz CT molecular complexity index is 1380. The zero-order chi connectivity index (χ0) is 27.6. The number of aromatic nitrogens is 1. The zero-order valence-electron chi connectivity index (χ0n) is 22.4. The molecule has 0 aliphatic carbocycles. The van der Waals surface area contributed by atoms with Crippen molar-refractivity contribution in [2.75, 3.05) is 13.2 Å². The third-order valence-electron chi connectivity index (χ3n) is 6.43. The van der Waals surface area contributed by atoms with Crippen LogP contribution in [0.4, 0.5) is 0 Å². The molecule has 0 saturated carbocycles. The van der Waals surface area contributed by atoms with E-state index < -0.39 is 12.5 Å². The quantitative estimate of drug-likeness (QED) is 0.218. The maximum absolute atomic E-state index is 13.2. The summed E-state index contributed by atoms with van der Waals surface area (Å²) in [6, 6.07) is 24.6. The molecule has 0 atom stereocenters. The first kappa shape index (κ1) is 27.6. The Labute approximate surface area is 229 Å². The first-order valence-corrected chi connectivity index (χ1v) is 13.3. The number of carboxylic acids is 1. The fraction of sp³-hybridized carbons (Fsp3) is 0.281. The number of carboxylic acid groups (broad SMARTS) is 1. The van der Waals surface area contributed by atoms with Gasteiger partial charge in [0.1, 0.15) is 18.1 Å². The van der Waals surface area contributed by atoms with Gasteiger partial charge in [0, 0.05) is 24.1 Å². The first-order valence-electron chi connectivity index (χ1n) is 13.3. The number of ether oxygens (including phenoxy) is 1. The Morgan fingerprint density at radius 3 is 2.44 bits per heavy atom. The van der Waals surface area contributed by atoms with E-state index in [2.05, 4.69) is 11.9 Å². The van der Waals surface area contributed by atoms with Gasteiger partial charge in [0.15, 0.2) is 0 Å². The Kier molecular flexibility index (Phi) is 9.51. The van der Waals surface area contributed by atoms with E-state index in [1.54, 1.807) is 12.1 Å². The number of rotatable bonds is 13. The van der Waals surface area contributed by atoms with Crippen molar-refractivity contribution in [3.8, 4) is 17.2 Å². The molecule has 1 heterocycles. The molecule has 0 fully saturated rings. The molecule has 7 nitrogen and oxygen atoms in total. The summed E-state index contributed by atoms with van der Waals surface area (Å²) in [6.45, 7) is 4.19. The number of hydrogen-bond donors (Lipinski definition) is 1. The van der Waals surface area contributed by atoms with E-state index in [1.165, 1.54) is 10.5 Å². The molecule has 0 saturated heterocycles. The van der Waals surface area contributed by atoms with E-state index in [0.717, 1.165) is 41.8 Å². The molecule has 39 heavy (non-hydrogen) atoms. The van der Waals surface area contributed by atoms with Crippen LogP contribution in [0.25, 0.3) is 11.5 Å². The minimum Gasteiger partial charge on any atom is -0.493 e. The predicted molar refractivity (Wildman–Crippen MR) is 150 cm³/mol. The van der Waals surface area contributed by atoms with Gasteiger partial charge in [0.05, 0.1) is 12.3 Å². The maximum Gasteiger partial charge on any atom is 0.323 e. The van der Waals surface area contributed by atoms with Crippen LogP contribution >= 0.6 is 0 Å². The molecule has 0 bridgehead atoms. The van der Waals surface area contributed by atoms with Gasteiger partial charge in [-0.2, -0.15) is 0 Å². The molecule has 7 heteroatoms. The number of aryl methyl sites for hydroxylation is 2. The standard InChI is InChI=1S/C32H34N2O5/c1-3-4-9-24-14-16-27(17-15-24)32(37)34(22-30(35)36)21-25-10-8-13-28(20-25)38-19-18-29-23(2)39-31(33-29)26-11-6-5-7-12-26/h5-8,10-17,20H,3-4,9,18-19,21-22H2,1-2H3,(H,35,36). The monoisotopic (exact) mass is 526 g/mol. The summed E-state index contributed by atoms with van der Waals surface area (Å²) in [4.78, 5) is 30.7. The van der Waals surface area contributed by atoms with E-state index in [0.29, 0.717) is 30.2 Å². The average molecular weight is 527 g/mol. The van der Waals surface area contributed by atoms with Crippen molar-refractivity contribution in [2.24, 2.45) is 0 Å². The van der Waals surface area contributed by atoms with Crippen molar-refractivity contribution < 1.29 is 23.8 Å². The van der Waals surface area contributed by atoms with Crippen LogP contribution in [0, 0.1) is 6.92 Å². The topological polar surface area (TPSA) is 92.9 Å². The zero-order valence-corrected chi connectivity index (χ0v) is 22.4. The number of amides is 1. The lowest BCUT2D eigenvalue weighted by Crippen LogP contribution is -2.35. The number of benzene rings is 3. The molecule has 0 radical (unpaired) electrons. The lowest BCUT2D eigenvalue weighted by Gasteiger charge is -2.21. The van der Waals surface area contributed by atoms with Gasteiger partial charge in [-0.15, -0.1) is 0 Å². The summed E-state index contributed by atoms with van der Waals surface area (Å²) in [5.41, 5.74) is 4.19. The molecular weight excluding hydrogens is 492 g/mol. The van der Waals surface area contributed by atoms with Gasteiger partial charge < -0.3 is 19.2 Å². The van der Waals surface area contributed by atoms with Gasteiger partial charge in [-0.05, 0) is 67.3 Å². The van der Waals surface area contributed by atoms with E-state index >= 15 is 0 Å². The Hall–Kier alpha value is -4.39. The highest BCUT2D eigenvalue weighted by Crippen LogP contribution is 2.22. The molecule has 0 spiro atoms. The summed E-state index contributed by atoms with van der Waals surface area (Å²) in [5, 5.41) is 9.44. The van der Waals surface area contributed by atoms with E-state index in [-0.39, 0.29) is 12.5 Å². The second-order valence-corrected chi connectivity index (χ2v) is 9.49. The third kappa shape index (κ3) is 7.80. The highest BCUT2D eigenvalue weighted by molar-refractivity contribution is 5.95.